The Kier molecular flexibility index (Phi) is 15.1. The van der Waals surface area contributed by atoms with Crippen LogP contribution in [0.3, 0.4) is 0 Å². The number of carbonyl (C=O) groups excluding carboxylic acids is 3. The van der Waals surface area contributed by atoms with Gasteiger partial charge in [0.25, 0.3) is 0 Å². The van der Waals surface area contributed by atoms with Gasteiger partial charge in [0.15, 0.2) is 0 Å². The molecule has 3 atom stereocenters. The molecule has 7 N–H and O–H groups in total. The fourth-order valence-corrected chi connectivity index (χ4v) is 4.09. The first kappa shape index (κ1) is 33.4. The molecule has 0 fully saturated rings. The summed E-state index contributed by atoms with van der Waals surface area (Å²) in [4.78, 5) is 49.4. The van der Waals surface area contributed by atoms with Gasteiger partial charge < -0.3 is 36.8 Å². The minimum Gasteiger partial charge on any atom is -0.480 e. The van der Waals surface area contributed by atoms with E-state index in [0.29, 0.717) is 43.8 Å². The maximum absolute atomic E-state index is 13.2. The fraction of sp³-hybridized carbons (Fsp3) is 0.448. The van der Waals surface area contributed by atoms with E-state index in [9.17, 15) is 24.3 Å². The van der Waals surface area contributed by atoms with Gasteiger partial charge in [-0.05, 0) is 75.3 Å². The molecule has 0 saturated heterocycles. The van der Waals surface area contributed by atoms with Gasteiger partial charge in [0, 0.05) is 11.6 Å². The van der Waals surface area contributed by atoms with Gasteiger partial charge in [-0.1, -0.05) is 54.1 Å². The van der Waals surface area contributed by atoms with Gasteiger partial charge in [0.2, 0.25) is 5.91 Å². The van der Waals surface area contributed by atoms with Crippen molar-refractivity contribution >= 4 is 35.6 Å². The Balaban J connectivity index is 1.91. The smallest absolute Gasteiger partial charge is 0.407 e. The lowest BCUT2D eigenvalue weighted by atomic mass is 10.1. The number of carboxylic acid groups (broad SMARTS) is 1. The number of nitrogens with one attached hydrogen (secondary N) is 4. The summed E-state index contributed by atoms with van der Waals surface area (Å²) >= 11 is 5.96. The summed E-state index contributed by atoms with van der Waals surface area (Å²) in [5, 5.41) is 20.6. The number of carbonyl (C=O) groups is 4. The van der Waals surface area contributed by atoms with Crippen LogP contribution in [0.15, 0.2) is 54.6 Å². The first-order valence-corrected chi connectivity index (χ1v) is 14.1. The number of amides is 4. The van der Waals surface area contributed by atoms with E-state index in [0.717, 1.165) is 11.1 Å². The number of hydrogen-bond donors (Lipinski definition) is 6. The molecule has 0 aliphatic carbocycles. The second-order valence-corrected chi connectivity index (χ2v) is 10.0. The molecule has 12 heteroatoms. The van der Waals surface area contributed by atoms with E-state index in [4.69, 9.17) is 22.1 Å². The summed E-state index contributed by atoms with van der Waals surface area (Å²) < 4.78 is 5.19. The maximum Gasteiger partial charge on any atom is 0.407 e. The number of benzene rings is 2. The second kappa shape index (κ2) is 18.5. The first-order chi connectivity index (χ1) is 19.7. The predicted molar refractivity (Wildman–Crippen MR) is 156 cm³/mol. The molecule has 2 aromatic rings. The molecule has 11 nitrogen and oxygen atoms in total. The van der Waals surface area contributed by atoms with Crippen LogP contribution in [0.5, 0.6) is 0 Å². The third-order valence-corrected chi connectivity index (χ3v) is 6.55. The number of carboxylic acids is 1. The zero-order valence-corrected chi connectivity index (χ0v) is 24.0. The van der Waals surface area contributed by atoms with Crippen molar-refractivity contribution in [2.24, 2.45) is 5.73 Å². The normalized spacial score (nSPS) is 12.9. The Bertz CT molecular complexity index is 1100. The largest absolute Gasteiger partial charge is 0.480 e. The number of alkyl carbamates (subject to hydrolysis) is 1. The molecule has 0 aliphatic rings. The van der Waals surface area contributed by atoms with Crippen LogP contribution < -0.4 is 27.0 Å². The van der Waals surface area contributed by atoms with Gasteiger partial charge in [-0.15, -0.1) is 0 Å². The highest BCUT2D eigenvalue weighted by Gasteiger charge is 2.25. The molecule has 0 heterocycles. The number of urea groups is 1. The van der Waals surface area contributed by atoms with Crippen molar-refractivity contribution < 1.29 is 29.0 Å². The van der Waals surface area contributed by atoms with Crippen LogP contribution in [0.2, 0.25) is 5.02 Å². The average molecular weight is 590 g/mol. The molecule has 0 aliphatic heterocycles. The summed E-state index contributed by atoms with van der Waals surface area (Å²) in [6.45, 7) is 2.70. The molecule has 0 saturated carbocycles. The van der Waals surface area contributed by atoms with E-state index in [2.05, 4.69) is 21.3 Å². The van der Waals surface area contributed by atoms with Gasteiger partial charge in [-0.2, -0.15) is 0 Å². The number of halogens is 1. The lowest BCUT2D eigenvalue weighted by Crippen LogP contribution is -2.53. The van der Waals surface area contributed by atoms with Gasteiger partial charge >= 0.3 is 18.1 Å². The molecular formula is C29H40ClN5O6. The minimum atomic E-state index is -1.17. The highest BCUT2D eigenvalue weighted by Crippen LogP contribution is 2.16. The molecule has 0 bridgehead atoms. The van der Waals surface area contributed by atoms with Crippen LogP contribution in [0.25, 0.3) is 0 Å². The Hall–Kier alpha value is -3.83. The van der Waals surface area contributed by atoms with E-state index >= 15 is 0 Å². The third-order valence-electron chi connectivity index (χ3n) is 6.30. The first-order valence-electron chi connectivity index (χ1n) is 13.7. The Morgan fingerprint density at radius 3 is 2.17 bits per heavy atom. The fourth-order valence-electron chi connectivity index (χ4n) is 3.96. The van der Waals surface area contributed by atoms with Gasteiger partial charge in [0.1, 0.15) is 18.7 Å². The Morgan fingerprint density at radius 2 is 1.51 bits per heavy atom. The Labute approximate surface area is 245 Å². The topological polar surface area (TPSA) is 172 Å². The van der Waals surface area contributed by atoms with Crippen LogP contribution in [0.1, 0.15) is 62.6 Å². The van der Waals surface area contributed by atoms with Crippen LogP contribution in [0, 0.1) is 0 Å². The summed E-state index contributed by atoms with van der Waals surface area (Å²) in [6.07, 6.45) is 2.12. The maximum atomic E-state index is 13.2. The van der Waals surface area contributed by atoms with Crippen molar-refractivity contribution in [2.45, 2.75) is 70.2 Å². The van der Waals surface area contributed by atoms with Crippen molar-refractivity contribution in [3.8, 4) is 0 Å². The number of rotatable bonds is 17. The SMILES string of the molecule is C[C@H](NC(=O)[C@@H](CCCCNC(=O)OCc1ccccc1)NC(=O)N[C@@H](CCCCN)C(=O)O)c1ccc(Cl)cc1. The van der Waals surface area contributed by atoms with E-state index in [-0.39, 0.29) is 25.5 Å². The number of nitrogens with two attached hydrogens (primary N) is 1. The lowest BCUT2D eigenvalue weighted by Gasteiger charge is -2.23. The molecule has 0 radical (unpaired) electrons. The van der Waals surface area contributed by atoms with Crippen molar-refractivity contribution in [3.05, 3.63) is 70.7 Å². The van der Waals surface area contributed by atoms with Crippen molar-refractivity contribution in [2.75, 3.05) is 13.1 Å². The zero-order valence-electron chi connectivity index (χ0n) is 23.2. The summed E-state index contributed by atoms with van der Waals surface area (Å²) in [6, 6.07) is 13.2. The lowest BCUT2D eigenvalue weighted by molar-refractivity contribution is -0.139. The third kappa shape index (κ3) is 13.4. The zero-order chi connectivity index (χ0) is 30.0. The number of unbranched alkanes of at least 4 members (excludes halogenated alkanes) is 2. The standard InChI is InChI=1S/C29H40ClN5O6/c1-20(22-13-15-23(30)16-14-22)33-26(36)24(34-28(39)35-25(27(37)38)12-5-7-17-31)11-6-8-18-32-29(40)41-19-21-9-3-2-4-10-21/h2-4,9-10,13-16,20,24-25H,5-8,11-12,17-19,31H2,1H3,(H,32,40)(H,33,36)(H,37,38)(H2,34,35,39)/t20-,24+,25-/m0/s1. The summed E-state index contributed by atoms with van der Waals surface area (Å²) in [5.74, 6) is -1.59. The highest BCUT2D eigenvalue weighted by atomic mass is 35.5. The quantitative estimate of drug-likeness (QED) is 0.152. The molecule has 0 spiro atoms. The van der Waals surface area contributed by atoms with E-state index in [1.807, 2.05) is 30.3 Å². The minimum absolute atomic E-state index is 0.156. The monoisotopic (exact) mass is 589 g/mol. The van der Waals surface area contributed by atoms with Crippen LogP contribution >= 0.6 is 11.6 Å². The molecular weight excluding hydrogens is 550 g/mol. The van der Waals surface area contributed by atoms with Gasteiger partial charge in [0.05, 0.1) is 6.04 Å². The number of ether oxygens (including phenoxy) is 1. The molecule has 0 unspecified atom stereocenters. The summed E-state index contributed by atoms with van der Waals surface area (Å²) in [5.41, 5.74) is 7.18. The number of hydrogen-bond acceptors (Lipinski definition) is 6. The van der Waals surface area contributed by atoms with E-state index in [1.54, 1.807) is 31.2 Å². The van der Waals surface area contributed by atoms with Crippen LogP contribution in [0.4, 0.5) is 9.59 Å². The second-order valence-electron chi connectivity index (χ2n) is 9.61. The highest BCUT2D eigenvalue weighted by molar-refractivity contribution is 6.30. The predicted octanol–water partition coefficient (Wildman–Crippen LogP) is 3.86. The molecule has 2 rings (SSSR count). The molecule has 41 heavy (non-hydrogen) atoms. The van der Waals surface area contributed by atoms with Gasteiger partial charge in [-0.3, -0.25) is 4.79 Å². The van der Waals surface area contributed by atoms with E-state index < -0.39 is 36.1 Å². The van der Waals surface area contributed by atoms with Crippen molar-refractivity contribution in [1.29, 1.82) is 0 Å². The Morgan fingerprint density at radius 1 is 0.878 bits per heavy atom. The molecule has 2 aromatic carbocycles. The number of aliphatic carboxylic acids is 1. The average Bonchev–Trinajstić information content (AvgIpc) is 2.95. The summed E-state index contributed by atoms with van der Waals surface area (Å²) in [7, 11) is 0. The van der Waals surface area contributed by atoms with E-state index in [1.165, 1.54) is 0 Å². The van der Waals surface area contributed by atoms with Crippen LogP contribution in [-0.4, -0.2) is 54.3 Å². The molecule has 0 aromatic heterocycles. The van der Waals surface area contributed by atoms with Crippen molar-refractivity contribution in [1.82, 2.24) is 21.3 Å². The molecule has 4 amide bonds. The van der Waals surface area contributed by atoms with Crippen LogP contribution in [-0.2, 0) is 20.9 Å². The van der Waals surface area contributed by atoms with Crippen molar-refractivity contribution in [3.63, 3.8) is 0 Å². The van der Waals surface area contributed by atoms with Gasteiger partial charge in [-0.25, -0.2) is 14.4 Å². The molecule has 224 valence electrons.